The maximum absolute atomic E-state index is 12.4. The number of carbonyl (C=O) groups excluding carboxylic acids is 1. The highest BCUT2D eigenvalue weighted by Gasteiger charge is 2.18. The molecule has 1 aliphatic rings. The molecule has 7 nitrogen and oxygen atoms in total. The zero-order valence-corrected chi connectivity index (χ0v) is 13.7. The molecular weight excluding hydrogens is 328 g/mol. The Labute approximate surface area is 141 Å². The number of fused-ring (bicyclic) bond motifs is 2. The van der Waals surface area contributed by atoms with Gasteiger partial charge in [0.15, 0.2) is 16.3 Å². The Morgan fingerprint density at radius 2 is 2.25 bits per heavy atom. The van der Waals surface area contributed by atoms with Gasteiger partial charge in [0.1, 0.15) is 5.69 Å². The largest absolute Gasteiger partial charge is 0.454 e. The van der Waals surface area contributed by atoms with Gasteiger partial charge in [-0.15, -0.1) is 6.58 Å². The zero-order valence-electron chi connectivity index (χ0n) is 12.9. The van der Waals surface area contributed by atoms with Crippen molar-refractivity contribution < 1.29 is 14.3 Å². The second-order valence-corrected chi connectivity index (χ2v) is 6.22. The van der Waals surface area contributed by atoms with Crippen LogP contribution in [0.25, 0.3) is 10.2 Å². The number of hydrogen-bond acceptors (Lipinski definition) is 5. The van der Waals surface area contributed by atoms with Gasteiger partial charge in [0, 0.05) is 31.9 Å². The first kappa shape index (κ1) is 14.7. The average Bonchev–Trinajstić information content (AvgIpc) is 3.25. The Morgan fingerprint density at radius 3 is 2.96 bits per heavy atom. The number of rotatable bonds is 3. The number of benzene rings is 1. The SMILES string of the molecule is C=CCn1c(=NC(=O)c2ccnn2C)sc2cc3c(cc21)OCO3. The lowest BCUT2D eigenvalue weighted by Gasteiger charge is -2.02. The van der Waals surface area contributed by atoms with Crippen molar-refractivity contribution in [2.75, 3.05) is 6.79 Å². The van der Waals surface area contributed by atoms with Gasteiger partial charge in [0.05, 0.1) is 10.2 Å². The minimum atomic E-state index is -0.334. The number of ether oxygens (including phenoxy) is 2. The molecule has 1 aliphatic heterocycles. The fourth-order valence-corrected chi connectivity index (χ4v) is 3.63. The van der Waals surface area contributed by atoms with Crippen LogP contribution >= 0.6 is 11.3 Å². The van der Waals surface area contributed by atoms with E-state index in [9.17, 15) is 4.79 Å². The first-order valence-corrected chi connectivity index (χ1v) is 8.10. The molecule has 0 saturated carbocycles. The molecule has 8 heteroatoms. The minimum absolute atomic E-state index is 0.226. The van der Waals surface area contributed by atoms with Gasteiger partial charge < -0.3 is 14.0 Å². The lowest BCUT2D eigenvalue weighted by atomic mass is 10.3. The van der Waals surface area contributed by atoms with Gasteiger partial charge in [-0.1, -0.05) is 17.4 Å². The molecule has 122 valence electrons. The lowest BCUT2D eigenvalue weighted by Crippen LogP contribution is -2.17. The molecule has 24 heavy (non-hydrogen) atoms. The average molecular weight is 342 g/mol. The molecule has 4 rings (SSSR count). The third-order valence-electron chi connectivity index (χ3n) is 3.73. The molecule has 1 amide bonds. The molecule has 0 saturated heterocycles. The molecule has 0 atom stereocenters. The number of aromatic nitrogens is 3. The molecule has 0 bridgehead atoms. The molecule has 0 aliphatic carbocycles. The Hall–Kier alpha value is -2.87. The maximum atomic E-state index is 12.4. The van der Waals surface area contributed by atoms with Crippen molar-refractivity contribution in [3.05, 3.63) is 47.5 Å². The smallest absolute Gasteiger partial charge is 0.297 e. The van der Waals surface area contributed by atoms with Crippen LogP contribution in [0.4, 0.5) is 0 Å². The van der Waals surface area contributed by atoms with E-state index in [0.717, 1.165) is 10.2 Å². The van der Waals surface area contributed by atoms with E-state index in [1.807, 2.05) is 16.7 Å². The van der Waals surface area contributed by atoms with Crippen molar-refractivity contribution in [2.24, 2.45) is 12.0 Å². The summed E-state index contributed by atoms with van der Waals surface area (Å²) in [4.78, 5) is 17.3. The summed E-state index contributed by atoms with van der Waals surface area (Å²) < 4.78 is 15.3. The van der Waals surface area contributed by atoms with E-state index in [1.54, 1.807) is 25.4 Å². The van der Waals surface area contributed by atoms with Crippen LogP contribution in [0.3, 0.4) is 0 Å². The molecule has 0 unspecified atom stereocenters. The zero-order chi connectivity index (χ0) is 16.7. The number of thiazole rings is 1. The Bertz CT molecular complexity index is 1030. The van der Waals surface area contributed by atoms with Crippen LogP contribution in [0.15, 0.2) is 42.0 Å². The predicted octanol–water partition coefficient (Wildman–Crippen LogP) is 2.09. The van der Waals surface area contributed by atoms with E-state index in [0.29, 0.717) is 28.5 Å². The molecular formula is C16H14N4O3S. The van der Waals surface area contributed by atoms with Crippen molar-refractivity contribution >= 4 is 27.5 Å². The van der Waals surface area contributed by atoms with Crippen molar-refractivity contribution in [3.8, 4) is 11.5 Å². The van der Waals surface area contributed by atoms with Crippen LogP contribution in [0.2, 0.25) is 0 Å². The van der Waals surface area contributed by atoms with Gasteiger partial charge >= 0.3 is 0 Å². The molecule has 2 aromatic heterocycles. The topological polar surface area (TPSA) is 70.6 Å². The second kappa shape index (κ2) is 5.64. The predicted molar refractivity (Wildman–Crippen MR) is 89.2 cm³/mol. The molecule has 0 radical (unpaired) electrons. The van der Waals surface area contributed by atoms with Crippen LogP contribution in [-0.2, 0) is 13.6 Å². The maximum Gasteiger partial charge on any atom is 0.297 e. The molecule has 3 heterocycles. The van der Waals surface area contributed by atoms with Crippen molar-refractivity contribution in [3.63, 3.8) is 0 Å². The summed E-state index contributed by atoms with van der Waals surface area (Å²) in [6, 6.07) is 5.47. The number of nitrogens with zero attached hydrogens (tertiary/aromatic N) is 4. The van der Waals surface area contributed by atoms with Gasteiger partial charge in [-0.05, 0) is 6.07 Å². The first-order valence-electron chi connectivity index (χ1n) is 7.28. The fraction of sp³-hybridized carbons (Fsp3) is 0.188. The lowest BCUT2D eigenvalue weighted by molar-refractivity contribution is 0.0989. The van der Waals surface area contributed by atoms with Crippen molar-refractivity contribution in [2.45, 2.75) is 6.54 Å². The van der Waals surface area contributed by atoms with Gasteiger partial charge in [-0.25, -0.2) is 0 Å². The van der Waals surface area contributed by atoms with E-state index >= 15 is 0 Å². The summed E-state index contributed by atoms with van der Waals surface area (Å²) in [7, 11) is 1.71. The van der Waals surface area contributed by atoms with Gasteiger partial charge in [-0.2, -0.15) is 10.1 Å². The third kappa shape index (κ3) is 2.31. The van der Waals surface area contributed by atoms with E-state index < -0.39 is 0 Å². The molecule has 0 spiro atoms. The van der Waals surface area contributed by atoms with Crippen LogP contribution in [0.1, 0.15) is 10.5 Å². The summed E-state index contributed by atoms with van der Waals surface area (Å²) in [5.41, 5.74) is 1.37. The highest BCUT2D eigenvalue weighted by Crippen LogP contribution is 2.36. The minimum Gasteiger partial charge on any atom is -0.454 e. The third-order valence-corrected chi connectivity index (χ3v) is 4.77. The number of amides is 1. The van der Waals surface area contributed by atoms with Gasteiger partial charge in [0.25, 0.3) is 5.91 Å². The standard InChI is InChI=1S/C16H14N4O3S/c1-3-6-20-11-7-12-13(23-9-22-12)8-14(11)24-16(20)18-15(21)10-4-5-17-19(10)2/h3-5,7-8H,1,6,9H2,2H3. The van der Waals surface area contributed by atoms with E-state index in [1.165, 1.54) is 16.0 Å². The van der Waals surface area contributed by atoms with Crippen LogP contribution in [0.5, 0.6) is 11.5 Å². The molecule has 0 fully saturated rings. The Kier molecular flexibility index (Phi) is 3.46. The Morgan fingerprint density at radius 1 is 1.46 bits per heavy atom. The molecule has 0 N–H and O–H groups in total. The van der Waals surface area contributed by atoms with E-state index in [-0.39, 0.29) is 12.7 Å². The van der Waals surface area contributed by atoms with Crippen LogP contribution in [0, 0.1) is 0 Å². The summed E-state index contributed by atoms with van der Waals surface area (Å²) in [5.74, 6) is 1.07. The van der Waals surface area contributed by atoms with Gasteiger partial charge in [0.2, 0.25) is 6.79 Å². The monoisotopic (exact) mass is 342 g/mol. The van der Waals surface area contributed by atoms with Crippen LogP contribution in [-0.4, -0.2) is 27.0 Å². The van der Waals surface area contributed by atoms with Crippen molar-refractivity contribution in [1.82, 2.24) is 14.3 Å². The molecule has 1 aromatic carbocycles. The second-order valence-electron chi connectivity index (χ2n) is 5.21. The number of aryl methyl sites for hydroxylation is 1. The quantitative estimate of drug-likeness (QED) is 0.684. The number of hydrogen-bond donors (Lipinski definition) is 0. The summed E-state index contributed by atoms with van der Waals surface area (Å²) in [6.07, 6.45) is 3.34. The first-order chi connectivity index (χ1) is 11.7. The normalized spacial score (nSPS) is 13.6. The van der Waals surface area contributed by atoms with Crippen molar-refractivity contribution in [1.29, 1.82) is 0 Å². The van der Waals surface area contributed by atoms with E-state index in [4.69, 9.17) is 9.47 Å². The number of allylic oxidation sites excluding steroid dienone is 1. The highest BCUT2D eigenvalue weighted by atomic mass is 32.1. The summed E-state index contributed by atoms with van der Waals surface area (Å²) in [5, 5.41) is 4.01. The molecule has 3 aromatic rings. The van der Waals surface area contributed by atoms with E-state index in [2.05, 4.69) is 16.7 Å². The number of carbonyl (C=O) groups is 1. The highest BCUT2D eigenvalue weighted by molar-refractivity contribution is 7.16. The van der Waals surface area contributed by atoms with Gasteiger partial charge in [-0.3, -0.25) is 9.48 Å². The Balaban J connectivity index is 1.90. The fourth-order valence-electron chi connectivity index (χ4n) is 2.58. The summed E-state index contributed by atoms with van der Waals surface area (Å²) >= 11 is 1.42. The summed E-state index contributed by atoms with van der Waals surface area (Å²) in [6.45, 7) is 4.55. The van der Waals surface area contributed by atoms with Crippen LogP contribution < -0.4 is 14.3 Å².